The quantitative estimate of drug-likeness (QED) is 0.685. The first-order valence-electron chi connectivity index (χ1n) is 9.52. The van der Waals surface area contributed by atoms with Crippen molar-refractivity contribution in [3.8, 4) is 0 Å². The number of urea groups is 1. The van der Waals surface area contributed by atoms with Gasteiger partial charge in [0.15, 0.2) is 6.61 Å². The van der Waals surface area contributed by atoms with Crippen molar-refractivity contribution in [1.82, 2.24) is 5.32 Å². The summed E-state index contributed by atoms with van der Waals surface area (Å²) in [6.07, 6.45) is 4.24. The van der Waals surface area contributed by atoms with E-state index in [0.29, 0.717) is 31.1 Å². The topological polar surface area (TPSA) is 105 Å². The van der Waals surface area contributed by atoms with Crippen molar-refractivity contribution >= 4 is 23.6 Å². The lowest BCUT2D eigenvalue weighted by Crippen LogP contribution is -2.58. The average Bonchev–Trinajstić information content (AvgIpc) is 2.59. The summed E-state index contributed by atoms with van der Waals surface area (Å²) < 4.78 is 18.7. The molecule has 0 heterocycles. The molecule has 4 aliphatic carbocycles. The van der Waals surface area contributed by atoms with E-state index in [0.717, 1.165) is 19.3 Å². The standard InChI is InChI=1S/C20H23FN2O5/c21-14-3-1-2-4-15(14)22-18(26)23-16(24)10-28-17(25)19-6-12-5-13(7-19)9-20(27,8-12)11-19/h1-4,12-13,27H,5-11H2,(H2,22,23,24,26)/t12-,13+,19?,20?. The maximum Gasteiger partial charge on any atom is 0.326 e. The largest absolute Gasteiger partial charge is 0.455 e. The van der Waals surface area contributed by atoms with E-state index in [1.807, 2.05) is 5.32 Å². The van der Waals surface area contributed by atoms with Gasteiger partial charge in [-0.2, -0.15) is 0 Å². The summed E-state index contributed by atoms with van der Waals surface area (Å²) in [6.45, 7) is -0.598. The van der Waals surface area contributed by atoms with Crippen molar-refractivity contribution in [2.24, 2.45) is 17.3 Å². The Hall–Kier alpha value is -2.48. The number of ether oxygens (including phenoxy) is 1. The van der Waals surface area contributed by atoms with Crippen LogP contribution in [0.5, 0.6) is 0 Å². The van der Waals surface area contributed by atoms with Crippen molar-refractivity contribution < 1.29 is 28.6 Å². The van der Waals surface area contributed by atoms with Crippen LogP contribution in [0.25, 0.3) is 0 Å². The fourth-order valence-electron chi connectivity index (χ4n) is 5.62. The number of carbonyl (C=O) groups is 3. The molecule has 0 aliphatic heterocycles. The van der Waals surface area contributed by atoms with Crippen LogP contribution in [0, 0.1) is 23.1 Å². The van der Waals surface area contributed by atoms with Gasteiger partial charge in [-0.1, -0.05) is 12.1 Å². The number of esters is 1. The molecule has 28 heavy (non-hydrogen) atoms. The van der Waals surface area contributed by atoms with Gasteiger partial charge in [-0.3, -0.25) is 14.9 Å². The summed E-state index contributed by atoms with van der Waals surface area (Å²) in [5, 5.41) is 14.9. The lowest BCUT2D eigenvalue weighted by atomic mass is 9.48. The first kappa shape index (κ1) is 18.9. The molecule has 4 atom stereocenters. The zero-order chi connectivity index (χ0) is 19.9. The Morgan fingerprint density at radius 1 is 1.14 bits per heavy atom. The normalized spacial score (nSPS) is 32.6. The van der Waals surface area contributed by atoms with Gasteiger partial charge in [-0.25, -0.2) is 9.18 Å². The number of amides is 3. The second-order valence-electron chi connectivity index (χ2n) is 8.52. The van der Waals surface area contributed by atoms with Gasteiger partial charge in [0.1, 0.15) is 5.82 Å². The zero-order valence-corrected chi connectivity index (χ0v) is 15.4. The summed E-state index contributed by atoms with van der Waals surface area (Å²) >= 11 is 0. The summed E-state index contributed by atoms with van der Waals surface area (Å²) in [7, 11) is 0. The van der Waals surface area contributed by atoms with E-state index in [1.165, 1.54) is 18.2 Å². The maximum absolute atomic E-state index is 13.5. The molecule has 3 amide bonds. The van der Waals surface area contributed by atoms with Gasteiger partial charge in [0.05, 0.1) is 16.7 Å². The van der Waals surface area contributed by atoms with Gasteiger partial charge in [0, 0.05) is 0 Å². The molecule has 8 heteroatoms. The summed E-state index contributed by atoms with van der Waals surface area (Å²) in [5.41, 5.74) is -1.59. The molecule has 4 bridgehead atoms. The van der Waals surface area contributed by atoms with Gasteiger partial charge in [-0.05, 0) is 62.5 Å². The van der Waals surface area contributed by atoms with Crippen LogP contribution in [0.4, 0.5) is 14.9 Å². The Morgan fingerprint density at radius 3 is 2.46 bits per heavy atom. The van der Waals surface area contributed by atoms with Crippen molar-refractivity contribution in [2.45, 2.75) is 44.1 Å². The second-order valence-corrected chi connectivity index (χ2v) is 8.52. The molecule has 4 aliphatic rings. The highest BCUT2D eigenvalue weighted by molar-refractivity contribution is 6.02. The van der Waals surface area contributed by atoms with Crippen molar-refractivity contribution in [3.05, 3.63) is 30.1 Å². The van der Waals surface area contributed by atoms with Crippen LogP contribution in [-0.4, -0.2) is 35.2 Å². The summed E-state index contributed by atoms with van der Waals surface area (Å²) in [5.74, 6) is -1.27. The van der Waals surface area contributed by atoms with E-state index in [4.69, 9.17) is 4.74 Å². The molecule has 7 nitrogen and oxygen atoms in total. The van der Waals surface area contributed by atoms with Gasteiger partial charge in [0.25, 0.3) is 5.91 Å². The smallest absolute Gasteiger partial charge is 0.326 e. The van der Waals surface area contributed by atoms with E-state index in [2.05, 4.69) is 5.32 Å². The number of imide groups is 1. The van der Waals surface area contributed by atoms with E-state index in [9.17, 15) is 23.9 Å². The van der Waals surface area contributed by atoms with Crippen LogP contribution < -0.4 is 10.6 Å². The lowest BCUT2D eigenvalue weighted by molar-refractivity contribution is -0.196. The second kappa shape index (κ2) is 6.84. The van der Waals surface area contributed by atoms with Crippen LogP contribution in [0.1, 0.15) is 38.5 Å². The first-order valence-corrected chi connectivity index (χ1v) is 9.52. The van der Waals surface area contributed by atoms with Gasteiger partial charge >= 0.3 is 12.0 Å². The van der Waals surface area contributed by atoms with Gasteiger partial charge in [-0.15, -0.1) is 0 Å². The van der Waals surface area contributed by atoms with Gasteiger partial charge < -0.3 is 15.2 Å². The molecule has 0 spiro atoms. The molecule has 1 aromatic rings. The third kappa shape index (κ3) is 3.61. The molecule has 150 valence electrons. The minimum Gasteiger partial charge on any atom is -0.455 e. The molecule has 1 aromatic carbocycles. The summed E-state index contributed by atoms with van der Waals surface area (Å²) in [4.78, 5) is 36.4. The van der Waals surface area contributed by atoms with Crippen LogP contribution in [0.15, 0.2) is 24.3 Å². The van der Waals surface area contributed by atoms with E-state index < -0.39 is 41.3 Å². The number of anilines is 1. The Labute approximate surface area is 161 Å². The minimum absolute atomic E-state index is 0.0633. The average molecular weight is 390 g/mol. The number of para-hydroxylation sites is 1. The summed E-state index contributed by atoms with van der Waals surface area (Å²) in [6, 6.07) is 4.65. The number of hydrogen-bond donors (Lipinski definition) is 3. The lowest BCUT2D eigenvalue weighted by Gasteiger charge is -2.58. The predicted octanol–water partition coefficient (Wildman–Crippen LogP) is 2.35. The molecule has 0 radical (unpaired) electrons. The Morgan fingerprint density at radius 2 is 1.82 bits per heavy atom. The zero-order valence-electron chi connectivity index (χ0n) is 15.4. The predicted molar refractivity (Wildman–Crippen MR) is 96.6 cm³/mol. The molecule has 5 rings (SSSR count). The highest BCUT2D eigenvalue weighted by Gasteiger charge is 2.60. The third-order valence-electron chi connectivity index (χ3n) is 6.17. The van der Waals surface area contributed by atoms with E-state index in [1.54, 1.807) is 6.07 Å². The molecule has 0 aromatic heterocycles. The molecule has 4 saturated carbocycles. The van der Waals surface area contributed by atoms with Crippen LogP contribution in [0.2, 0.25) is 0 Å². The number of nitrogens with one attached hydrogen (secondary N) is 2. The molecule has 0 saturated heterocycles. The molecular formula is C20H23FN2O5. The fraction of sp³-hybridized carbons (Fsp3) is 0.550. The number of hydrogen-bond acceptors (Lipinski definition) is 5. The van der Waals surface area contributed by atoms with E-state index in [-0.39, 0.29) is 5.69 Å². The van der Waals surface area contributed by atoms with Crippen molar-refractivity contribution in [2.75, 3.05) is 11.9 Å². The van der Waals surface area contributed by atoms with Crippen molar-refractivity contribution in [1.29, 1.82) is 0 Å². The van der Waals surface area contributed by atoms with Crippen LogP contribution >= 0.6 is 0 Å². The Balaban J connectivity index is 1.30. The third-order valence-corrected chi connectivity index (χ3v) is 6.17. The van der Waals surface area contributed by atoms with Crippen LogP contribution in [-0.2, 0) is 14.3 Å². The SMILES string of the molecule is O=C(COC(=O)C12C[C@@H]3C[C@@H](CC(O)(C3)C1)C2)NC(=O)Nc1ccccc1F. The van der Waals surface area contributed by atoms with Gasteiger partial charge in [0.2, 0.25) is 0 Å². The molecule has 4 fully saturated rings. The molecule has 3 N–H and O–H groups in total. The Kier molecular flexibility index (Phi) is 4.61. The molecule has 2 unspecified atom stereocenters. The number of carbonyl (C=O) groups excluding carboxylic acids is 3. The maximum atomic E-state index is 13.5. The van der Waals surface area contributed by atoms with Crippen molar-refractivity contribution in [3.63, 3.8) is 0 Å². The number of aliphatic hydroxyl groups is 1. The highest BCUT2D eigenvalue weighted by Crippen LogP contribution is 2.61. The minimum atomic E-state index is -0.907. The monoisotopic (exact) mass is 390 g/mol. The van der Waals surface area contributed by atoms with E-state index >= 15 is 0 Å². The first-order chi connectivity index (χ1) is 13.3. The van der Waals surface area contributed by atoms with Crippen LogP contribution in [0.3, 0.4) is 0 Å². The highest BCUT2D eigenvalue weighted by atomic mass is 19.1. The fourth-order valence-corrected chi connectivity index (χ4v) is 5.62. The molecular weight excluding hydrogens is 367 g/mol. The number of rotatable bonds is 4. The number of benzene rings is 1. The Bertz CT molecular complexity index is 813. The number of halogens is 1.